The van der Waals surface area contributed by atoms with Crippen LogP contribution in [0.25, 0.3) is 0 Å². The van der Waals surface area contributed by atoms with Crippen LogP contribution in [0.1, 0.15) is 38.3 Å². The van der Waals surface area contributed by atoms with Gasteiger partial charge < -0.3 is 20.3 Å². The summed E-state index contributed by atoms with van der Waals surface area (Å²) in [4.78, 5) is 7.33. The van der Waals surface area contributed by atoms with E-state index in [4.69, 9.17) is 9.73 Å². The highest BCUT2D eigenvalue weighted by Gasteiger charge is 2.18. The maximum absolute atomic E-state index is 5.17. The lowest BCUT2D eigenvalue weighted by molar-refractivity contribution is 0.121. The fourth-order valence-electron chi connectivity index (χ4n) is 3.18. The fourth-order valence-corrected chi connectivity index (χ4v) is 3.18. The molecule has 1 unspecified atom stereocenters. The molecule has 5 nitrogen and oxygen atoms in total. The van der Waals surface area contributed by atoms with Crippen LogP contribution < -0.4 is 10.6 Å². The third-order valence-corrected chi connectivity index (χ3v) is 4.82. The van der Waals surface area contributed by atoms with Crippen molar-refractivity contribution in [2.75, 3.05) is 46.4 Å². The van der Waals surface area contributed by atoms with E-state index >= 15 is 0 Å². The van der Waals surface area contributed by atoms with Gasteiger partial charge in [-0.05, 0) is 51.3 Å². The molecule has 0 spiro atoms. The Labute approximate surface area is 176 Å². The first kappa shape index (κ1) is 23.2. The lowest BCUT2D eigenvalue weighted by Gasteiger charge is -2.31. The van der Waals surface area contributed by atoms with Gasteiger partial charge in [0.05, 0.1) is 12.6 Å². The number of piperidine rings is 1. The van der Waals surface area contributed by atoms with Crippen LogP contribution >= 0.6 is 24.0 Å². The van der Waals surface area contributed by atoms with Crippen LogP contribution in [0.15, 0.2) is 35.3 Å². The molecule has 1 atom stereocenters. The fraction of sp³-hybridized carbons (Fsp3) is 0.650. The lowest BCUT2D eigenvalue weighted by atomic mass is 9.97. The molecule has 0 radical (unpaired) electrons. The van der Waals surface area contributed by atoms with E-state index in [1.807, 2.05) is 0 Å². The summed E-state index contributed by atoms with van der Waals surface area (Å²) >= 11 is 0. The summed E-state index contributed by atoms with van der Waals surface area (Å²) in [6.07, 6.45) is 2.45. The minimum absolute atomic E-state index is 0. The van der Waals surface area contributed by atoms with Crippen molar-refractivity contribution in [2.24, 2.45) is 10.9 Å². The van der Waals surface area contributed by atoms with Gasteiger partial charge in [-0.2, -0.15) is 0 Å². The van der Waals surface area contributed by atoms with Gasteiger partial charge in [-0.25, -0.2) is 0 Å². The summed E-state index contributed by atoms with van der Waals surface area (Å²) < 4.78 is 5.17. The first-order valence-electron chi connectivity index (χ1n) is 9.54. The summed E-state index contributed by atoms with van der Waals surface area (Å²) in [6, 6.07) is 10.8. The van der Waals surface area contributed by atoms with Crippen molar-refractivity contribution < 1.29 is 4.74 Å². The molecule has 1 aliphatic heterocycles. The molecule has 148 valence electrons. The molecule has 1 saturated heterocycles. The molecule has 0 amide bonds. The number of halogens is 1. The molecule has 1 aromatic carbocycles. The number of benzene rings is 1. The second-order valence-corrected chi connectivity index (χ2v) is 6.77. The van der Waals surface area contributed by atoms with Crippen LogP contribution in [-0.4, -0.2) is 57.3 Å². The molecule has 0 saturated carbocycles. The third-order valence-electron chi connectivity index (χ3n) is 4.82. The molecular formula is C20H35IN4O. The van der Waals surface area contributed by atoms with Gasteiger partial charge >= 0.3 is 0 Å². The highest BCUT2D eigenvalue weighted by molar-refractivity contribution is 14.0. The number of guanidine groups is 1. The van der Waals surface area contributed by atoms with Crippen LogP contribution in [0.2, 0.25) is 0 Å². The smallest absolute Gasteiger partial charge is 0.191 e. The van der Waals surface area contributed by atoms with Crippen molar-refractivity contribution in [2.45, 2.75) is 32.7 Å². The second kappa shape index (κ2) is 13.3. The van der Waals surface area contributed by atoms with E-state index in [-0.39, 0.29) is 30.0 Å². The standard InChI is InChI=1S/C20H34N4O.HI/c1-4-21-20(23-17(2)19-8-6-5-7-9-19)22-16-18-10-12-24(13-11-18)14-15-25-3;/h5-9,17-18H,4,10-16H2,1-3H3,(H2,21,22,23);1H. The number of hydrogen-bond acceptors (Lipinski definition) is 3. The van der Waals surface area contributed by atoms with Gasteiger partial charge in [0.2, 0.25) is 0 Å². The predicted molar refractivity (Wildman–Crippen MR) is 120 cm³/mol. The number of nitrogens with zero attached hydrogens (tertiary/aromatic N) is 2. The van der Waals surface area contributed by atoms with Gasteiger partial charge in [-0.1, -0.05) is 30.3 Å². The molecule has 26 heavy (non-hydrogen) atoms. The Kier molecular flexibility index (Phi) is 11.9. The van der Waals surface area contributed by atoms with Crippen molar-refractivity contribution in [3.8, 4) is 0 Å². The molecule has 0 aliphatic carbocycles. The number of aliphatic imine (C=N–C) groups is 1. The Balaban J connectivity index is 0.00000338. The molecule has 6 heteroatoms. The average Bonchev–Trinajstić information content (AvgIpc) is 2.66. The van der Waals surface area contributed by atoms with Gasteiger partial charge in [0, 0.05) is 26.7 Å². The minimum Gasteiger partial charge on any atom is -0.383 e. The highest BCUT2D eigenvalue weighted by Crippen LogP contribution is 2.17. The third kappa shape index (κ3) is 8.22. The van der Waals surface area contributed by atoms with Gasteiger partial charge in [-0.3, -0.25) is 4.99 Å². The van der Waals surface area contributed by atoms with Crippen LogP contribution in [0, 0.1) is 5.92 Å². The highest BCUT2D eigenvalue weighted by atomic mass is 127. The first-order valence-corrected chi connectivity index (χ1v) is 9.54. The van der Waals surface area contributed by atoms with E-state index < -0.39 is 0 Å². The second-order valence-electron chi connectivity index (χ2n) is 6.77. The minimum atomic E-state index is 0. The number of ether oxygens (including phenoxy) is 1. The molecule has 1 aliphatic rings. The number of nitrogens with one attached hydrogen (secondary N) is 2. The van der Waals surface area contributed by atoms with Gasteiger partial charge in [0.15, 0.2) is 5.96 Å². The van der Waals surface area contributed by atoms with E-state index in [0.717, 1.165) is 45.3 Å². The Morgan fingerprint density at radius 1 is 1.27 bits per heavy atom. The van der Waals surface area contributed by atoms with Crippen molar-refractivity contribution in [3.05, 3.63) is 35.9 Å². The number of rotatable bonds is 8. The first-order chi connectivity index (χ1) is 12.2. The van der Waals surface area contributed by atoms with Crippen LogP contribution in [0.4, 0.5) is 0 Å². The van der Waals surface area contributed by atoms with E-state index in [1.54, 1.807) is 7.11 Å². The SMILES string of the molecule is CCNC(=NCC1CCN(CCOC)CC1)NC(C)c1ccccc1.I. The Hall–Kier alpha value is -0.860. The maximum atomic E-state index is 5.17. The summed E-state index contributed by atoms with van der Waals surface area (Å²) in [6.45, 7) is 10.3. The molecule has 1 fully saturated rings. The zero-order valence-electron chi connectivity index (χ0n) is 16.4. The molecule has 0 aromatic heterocycles. The monoisotopic (exact) mass is 474 g/mol. The number of methoxy groups -OCH3 is 1. The Morgan fingerprint density at radius 3 is 2.58 bits per heavy atom. The zero-order valence-corrected chi connectivity index (χ0v) is 18.7. The molecular weight excluding hydrogens is 439 g/mol. The quantitative estimate of drug-likeness (QED) is 0.345. The van der Waals surface area contributed by atoms with Crippen LogP contribution in [0.3, 0.4) is 0 Å². The van der Waals surface area contributed by atoms with E-state index in [9.17, 15) is 0 Å². The van der Waals surface area contributed by atoms with Crippen molar-refractivity contribution in [3.63, 3.8) is 0 Å². The summed E-state index contributed by atoms with van der Waals surface area (Å²) in [5.41, 5.74) is 1.28. The van der Waals surface area contributed by atoms with Crippen molar-refractivity contribution in [1.29, 1.82) is 0 Å². The molecule has 1 heterocycles. The normalized spacial score (nSPS) is 17.4. The number of likely N-dealkylation sites (tertiary alicyclic amines) is 1. The van der Waals surface area contributed by atoms with Crippen molar-refractivity contribution >= 4 is 29.9 Å². The summed E-state index contributed by atoms with van der Waals surface area (Å²) in [5.74, 6) is 1.60. The summed E-state index contributed by atoms with van der Waals surface area (Å²) in [5, 5.41) is 6.89. The lowest BCUT2D eigenvalue weighted by Crippen LogP contribution is -2.40. The largest absolute Gasteiger partial charge is 0.383 e. The van der Waals surface area contributed by atoms with Crippen molar-refractivity contribution in [1.82, 2.24) is 15.5 Å². The molecule has 2 N–H and O–H groups in total. The zero-order chi connectivity index (χ0) is 17.9. The van der Waals surface area contributed by atoms with E-state index in [2.05, 4.69) is 59.7 Å². The van der Waals surface area contributed by atoms with Gasteiger partial charge in [-0.15, -0.1) is 24.0 Å². The Morgan fingerprint density at radius 2 is 1.96 bits per heavy atom. The van der Waals surface area contributed by atoms with Gasteiger partial charge in [0.25, 0.3) is 0 Å². The van der Waals surface area contributed by atoms with E-state index in [0.29, 0.717) is 5.92 Å². The Bertz CT molecular complexity index is 504. The summed E-state index contributed by atoms with van der Waals surface area (Å²) in [7, 11) is 1.77. The molecule has 1 aromatic rings. The topological polar surface area (TPSA) is 48.9 Å². The molecule has 0 bridgehead atoms. The van der Waals surface area contributed by atoms with Crippen LogP contribution in [0.5, 0.6) is 0 Å². The van der Waals surface area contributed by atoms with E-state index in [1.165, 1.54) is 18.4 Å². The molecule has 2 rings (SSSR count). The van der Waals surface area contributed by atoms with Gasteiger partial charge in [0.1, 0.15) is 0 Å². The van der Waals surface area contributed by atoms with Crippen LogP contribution in [-0.2, 0) is 4.74 Å². The average molecular weight is 474 g/mol. The maximum Gasteiger partial charge on any atom is 0.191 e. The number of hydrogen-bond donors (Lipinski definition) is 2. The predicted octanol–water partition coefficient (Wildman–Crippen LogP) is 3.28.